The number of carbonyl (C=O) groups excluding carboxylic acids is 1. The Morgan fingerprint density at radius 3 is 2.77 bits per heavy atom. The van der Waals surface area contributed by atoms with E-state index in [1.807, 2.05) is 37.3 Å². The second kappa shape index (κ2) is 5.97. The summed E-state index contributed by atoms with van der Waals surface area (Å²) in [6.45, 7) is 1.93. The van der Waals surface area contributed by atoms with Crippen LogP contribution >= 0.6 is 0 Å². The number of ketones is 1. The van der Waals surface area contributed by atoms with Crippen LogP contribution in [0.5, 0.6) is 0 Å². The fourth-order valence-electron chi connectivity index (χ4n) is 2.58. The molecule has 22 heavy (non-hydrogen) atoms. The van der Waals surface area contributed by atoms with Crippen molar-refractivity contribution in [2.24, 2.45) is 4.99 Å². The van der Waals surface area contributed by atoms with E-state index >= 15 is 0 Å². The molecule has 0 saturated carbocycles. The van der Waals surface area contributed by atoms with E-state index in [0.717, 1.165) is 16.8 Å². The monoisotopic (exact) mass is 295 g/mol. The van der Waals surface area contributed by atoms with Gasteiger partial charge in [-0.15, -0.1) is 0 Å². The summed E-state index contributed by atoms with van der Waals surface area (Å²) in [5, 5.41) is 17.0. The molecule has 0 saturated heterocycles. The third-order valence-electron chi connectivity index (χ3n) is 3.74. The van der Waals surface area contributed by atoms with Crippen molar-refractivity contribution in [1.29, 1.82) is 0 Å². The quantitative estimate of drug-likeness (QED) is 0.848. The van der Waals surface area contributed by atoms with Gasteiger partial charge in [-0.05, 0) is 18.9 Å². The molecule has 0 amide bonds. The van der Waals surface area contributed by atoms with Gasteiger partial charge in [0.05, 0.1) is 5.57 Å². The van der Waals surface area contributed by atoms with Crippen LogP contribution in [0.4, 0.5) is 5.82 Å². The van der Waals surface area contributed by atoms with Crippen molar-refractivity contribution in [1.82, 2.24) is 10.2 Å². The lowest BCUT2D eigenvalue weighted by Gasteiger charge is -2.11. The van der Waals surface area contributed by atoms with E-state index in [0.29, 0.717) is 30.7 Å². The van der Waals surface area contributed by atoms with Crippen LogP contribution in [0.25, 0.3) is 11.1 Å². The number of hydrogen-bond donors (Lipinski definition) is 2. The molecule has 1 aromatic heterocycles. The van der Waals surface area contributed by atoms with E-state index in [1.54, 1.807) is 0 Å². The van der Waals surface area contributed by atoms with E-state index < -0.39 is 0 Å². The molecule has 0 spiro atoms. The molecule has 0 atom stereocenters. The maximum absolute atomic E-state index is 11.8. The molecule has 2 aromatic rings. The average molecular weight is 295 g/mol. The Morgan fingerprint density at radius 1 is 1.27 bits per heavy atom. The van der Waals surface area contributed by atoms with E-state index in [1.165, 1.54) is 6.21 Å². The molecule has 112 valence electrons. The molecule has 0 radical (unpaired) electrons. The summed E-state index contributed by atoms with van der Waals surface area (Å²) >= 11 is 0. The Bertz CT molecular complexity index is 757. The summed E-state index contributed by atoms with van der Waals surface area (Å²) in [7, 11) is 0. The average Bonchev–Trinajstić information content (AvgIpc) is 2.88. The number of benzene rings is 1. The maximum Gasteiger partial charge on any atom is 0.181 e. The summed E-state index contributed by atoms with van der Waals surface area (Å²) in [5.74, 6) is 0.567. The smallest absolute Gasteiger partial charge is 0.181 e. The lowest BCUT2D eigenvalue weighted by atomic mass is 9.97. The summed E-state index contributed by atoms with van der Waals surface area (Å²) in [6.07, 6.45) is 3.10. The van der Waals surface area contributed by atoms with Gasteiger partial charge in [0, 0.05) is 30.3 Å². The molecule has 0 bridgehead atoms. The number of nitrogens with one attached hydrogen (secondary N) is 1. The standard InChI is InChI=1S/C17H17N3O2/c1-11-16(12-6-3-2-4-7-12)17(20-19-11)18-10-13-14(21)8-5-9-15(13)22/h2-4,6-7,10,21H,5,8-9H2,1H3,(H,19,20). The van der Waals surface area contributed by atoms with Crippen LogP contribution in [0, 0.1) is 6.92 Å². The normalized spacial score (nSPS) is 15.8. The molecule has 2 N–H and O–H groups in total. The number of aliphatic imine (C=N–C) groups is 1. The lowest BCUT2D eigenvalue weighted by Crippen LogP contribution is -2.12. The number of aliphatic hydroxyl groups is 1. The number of hydrogen-bond acceptors (Lipinski definition) is 4. The molecule has 0 fully saturated rings. The number of aliphatic hydroxyl groups excluding tert-OH is 1. The molecule has 1 aliphatic rings. The maximum atomic E-state index is 11.8. The van der Waals surface area contributed by atoms with Crippen LogP contribution in [0.15, 0.2) is 46.7 Å². The Hall–Kier alpha value is -2.69. The number of H-pyrrole nitrogens is 1. The van der Waals surface area contributed by atoms with Gasteiger partial charge < -0.3 is 5.11 Å². The molecule has 1 aromatic carbocycles. The van der Waals surface area contributed by atoms with E-state index in [-0.39, 0.29) is 11.5 Å². The van der Waals surface area contributed by atoms with Gasteiger partial charge in [-0.2, -0.15) is 5.10 Å². The summed E-state index contributed by atoms with van der Waals surface area (Å²) in [4.78, 5) is 16.2. The van der Waals surface area contributed by atoms with Crippen molar-refractivity contribution in [3.05, 3.63) is 47.4 Å². The second-order valence-electron chi connectivity index (χ2n) is 5.31. The minimum Gasteiger partial charge on any atom is -0.512 e. The highest BCUT2D eigenvalue weighted by molar-refractivity contribution is 6.14. The zero-order chi connectivity index (χ0) is 15.5. The van der Waals surface area contributed by atoms with Crippen LogP contribution < -0.4 is 0 Å². The van der Waals surface area contributed by atoms with Crippen LogP contribution in [0.2, 0.25) is 0 Å². The first-order chi connectivity index (χ1) is 10.7. The van der Waals surface area contributed by atoms with Gasteiger partial charge in [-0.3, -0.25) is 9.89 Å². The van der Waals surface area contributed by atoms with E-state index in [9.17, 15) is 9.90 Å². The van der Waals surface area contributed by atoms with Crippen molar-refractivity contribution in [2.75, 3.05) is 0 Å². The molecular formula is C17H17N3O2. The van der Waals surface area contributed by atoms with Gasteiger partial charge in [-0.1, -0.05) is 30.3 Å². The Kier molecular flexibility index (Phi) is 3.87. The minimum atomic E-state index is -0.0685. The number of carbonyl (C=O) groups is 1. The van der Waals surface area contributed by atoms with Gasteiger partial charge in [-0.25, -0.2) is 4.99 Å². The van der Waals surface area contributed by atoms with Gasteiger partial charge in [0.15, 0.2) is 11.6 Å². The highest BCUT2D eigenvalue weighted by atomic mass is 16.3. The predicted molar refractivity (Wildman–Crippen MR) is 85.4 cm³/mol. The number of allylic oxidation sites excluding steroid dienone is 2. The molecular weight excluding hydrogens is 278 g/mol. The zero-order valence-electron chi connectivity index (χ0n) is 12.3. The molecule has 5 nitrogen and oxygen atoms in total. The number of nitrogens with zero attached hydrogens (tertiary/aromatic N) is 2. The highest BCUT2D eigenvalue weighted by Gasteiger charge is 2.19. The number of aryl methyl sites for hydroxylation is 1. The third kappa shape index (κ3) is 2.70. The topological polar surface area (TPSA) is 78.3 Å². The van der Waals surface area contributed by atoms with E-state index in [4.69, 9.17) is 0 Å². The van der Waals surface area contributed by atoms with Crippen LogP contribution in [-0.2, 0) is 4.79 Å². The molecule has 1 heterocycles. The lowest BCUT2D eigenvalue weighted by molar-refractivity contribution is -0.115. The summed E-state index contributed by atoms with van der Waals surface area (Å²) in [5.41, 5.74) is 3.12. The van der Waals surface area contributed by atoms with Crippen molar-refractivity contribution in [2.45, 2.75) is 26.2 Å². The zero-order valence-corrected chi connectivity index (χ0v) is 12.3. The van der Waals surface area contributed by atoms with Crippen molar-refractivity contribution in [3.8, 4) is 11.1 Å². The van der Waals surface area contributed by atoms with Gasteiger partial charge in [0.1, 0.15) is 5.76 Å². The highest BCUT2D eigenvalue weighted by Crippen LogP contribution is 2.31. The van der Waals surface area contributed by atoms with E-state index in [2.05, 4.69) is 15.2 Å². The van der Waals surface area contributed by atoms with Crippen LogP contribution in [0.1, 0.15) is 25.0 Å². The predicted octanol–water partition coefficient (Wildman–Crippen LogP) is 3.65. The first-order valence-electron chi connectivity index (χ1n) is 7.26. The fraction of sp³-hybridized carbons (Fsp3) is 0.235. The van der Waals surface area contributed by atoms with Crippen LogP contribution in [0.3, 0.4) is 0 Å². The van der Waals surface area contributed by atoms with Crippen molar-refractivity contribution < 1.29 is 9.90 Å². The second-order valence-corrected chi connectivity index (χ2v) is 5.31. The van der Waals surface area contributed by atoms with Gasteiger partial charge in [0.2, 0.25) is 0 Å². The summed E-state index contributed by atoms with van der Waals surface area (Å²) < 4.78 is 0. The fourth-order valence-corrected chi connectivity index (χ4v) is 2.58. The number of rotatable bonds is 3. The Labute approximate surface area is 128 Å². The number of aromatic amines is 1. The largest absolute Gasteiger partial charge is 0.512 e. The number of Topliss-reactive ketones (excluding diaryl/α,β-unsaturated/α-hetero) is 1. The number of aromatic nitrogens is 2. The molecule has 0 aliphatic heterocycles. The SMILES string of the molecule is Cc1[nH]nc(N=CC2=C(O)CCCC2=O)c1-c1ccccc1. The summed E-state index contributed by atoms with van der Waals surface area (Å²) in [6, 6.07) is 9.83. The molecule has 0 unspecified atom stereocenters. The Balaban J connectivity index is 1.97. The first-order valence-corrected chi connectivity index (χ1v) is 7.26. The Morgan fingerprint density at radius 2 is 2.05 bits per heavy atom. The first kappa shape index (κ1) is 14.3. The van der Waals surface area contributed by atoms with Crippen molar-refractivity contribution in [3.63, 3.8) is 0 Å². The molecule has 1 aliphatic carbocycles. The third-order valence-corrected chi connectivity index (χ3v) is 3.74. The van der Waals surface area contributed by atoms with Gasteiger partial charge >= 0.3 is 0 Å². The van der Waals surface area contributed by atoms with Gasteiger partial charge in [0.25, 0.3) is 0 Å². The van der Waals surface area contributed by atoms with Crippen molar-refractivity contribution >= 4 is 17.8 Å². The van der Waals surface area contributed by atoms with Crippen LogP contribution in [-0.4, -0.2) is 27.3 Å². The molecule has 3 rings (SSSR count). The minimum absolute atomic E-state index is 0.0685. The molecule has 5 heteroatoms.